The Morgan fingerprint density at radius 2 is 1.88 bits per heavy atom. The van der Waals surface area contributed by atoms with Crippen molar-refractivity contribution in [1.82, 2.24) is 0 Å². The van der Waals surface area contributed by atoms with Gasteiger partial charge in [-0.3, -0.25) is 0 Å². The first-order valence-electron chi connectivity index (χ1n) is 6.68. The fourth-order valence-corrected chi connectivity index (χ4v) is 3.12. The molecule has 0 N–H and O–H groups in total. The van der Waals surface area contributed by atoms with E-state index in [0.29, 0.717) is 0 Å². The summed E-state index contributed by atoms with van der Waals surface area (Å²) in [6, 6.07) is 0. The minimum Gasteiger partial charge on any atom is -0.375 e. The highest BCUT2D eigenvalue weighted by Gasteiger charge is 2.41. The summed E-state index contributed by atoms with van der Waals surface area (Å²) >= 11 is 6.11. The van der Waals surface area contributed by atoms with Crippen molar-refractivity contribution in [3.63, 3.8) is 0 Å². The molecule has 3 heteroatoms. The normalized spacial score (nSPS) is 36.0. The predicted octanol–water partition coefficient (Wildman–Crippen LogP) is 3.37. The molecule has 2 saturated carbocycles. The SMILES string of the molecule is CCOC1C(Cl)CC1OCC1CCCCC1. The number of halogens is 1. The molecule has 0 aromatic rings. The third-order valence-electron chi connectivity index (χ3n) is 3.81. The van der Waals surface area contributed by atoms with Gasteiger partial charge in [-0.2, -0.15) is 0 Å². The summed E-state index contributed by atoms with van der Waals surface area (Å²) in [5, 5.41) is 0.163. The Morgan fingerprint density at radius 1 is 1.12 bits per heavy atom. The molecule has 3 atom stereocenters. The first-order valence-corrected chi connectivity index (χ1v) is 7.12. The molecule has 2 aliphatic rings. The second kappa shape index (κ2) is 6.23. The standard InChI is InChI=1S/C13H23ClO2/c1-2-15-13-11(14)8-12(13)16-9-10-6-4-3-5-7-10/h10-13H,2-9H2,1H3. The van der Waals surface area contributed by atoms with Gasteiger partial charge in [0.2, 0.25) is 0 Å². The first kappa shape index (κ1) is 12.7. The molecule has 0 radical (unpaired) electrons. The molecule has 2 rings (SSSR count). The van der Waals surface area contributed by atoms with Crippen LogP contribution in [-0.2, 0) is 9.47 Å². The Hall–Kier alpha value is 0.210. The summed E-state index contributed by atoms with van der Waals surface area (Å²) in [4.78, 5) is 0. The fourth-order valence-electron chi connectivity index (χ4n) is 2.71. The zero-order chi connectivity index (χ0) is 11.4. The molecule has 0 spiro atoms. The van der Waals surface area contributed by atoms with Crippen molar-refractivity contribution in [3.05, 3.63) is 0 Å². The molecular formula is C13H23ClO2. The third kappa shape index (κ3) is 3.12. The molecule has 2 aliphatic carbocycles. The third-order valence-corrected chi connectivity index (χ3v) is 4.24. The van der Waals surface area contributed by atoms with Crippen LogP contribution in [0.2, 0.25) is 0 Å². The molecule has 0 aromatic carbocycles. The molecule has 0 heterocycles. The Labute approximate surface area is 104 Å². The van der Waals surface area contributed by atoms with Crippen molar-refractivity contribution >= 4 is 11.6 Å². The highest BCUT2D eigenvalue weighted by atomic mass is 35.5. The van der Waals surface area contributed by atoms with Crippen molar-refractivity contribution in [2.75, 3.05) is 13.2 Å². The van der Waals surface area contributed by atoms with E-state index in [1.54, 1.807) is 0 Å². The van der Waals surface area contributed by atoms with Gasteiger partial charge in [0.05, 0.1) is 11.5 Å². The van der Waals surface area contributed by atoms with E-state index in [4.69, 9.17) is 21.1 Å². The fraction of sp³-hybridized carbons (Fsp3) is 1.00. The molecule has 16 heavy (non-hydrogen) atoms. The maximum atomic E-state index is 6.11. The smallest absolute Gasteiger partial charge is 0.100 e. The van der Waals surface area contributed by atoms with Crippen LogP contribution in [0, 0.1) is 5.92 Å². The van der Waals surface area contributed by atoms with Crippen LogP contribution in [0.4, 0.5) is 0 Å². The Kier molecular flexibility index (Phi) is 4.93. The van der Waals surface area contributed by atoms with E-state index in [2.05, 4.69) is 0 Å². The summed E-state index contributed by atoms with van der Waals surface area (Å²) in [7, 11) is 0. The Morgan fingerprint density at radius 3 is 2.50 bits per heavy atom. The van der Waals surface area contributed by atoms with Gasteiger partial charge < -0.3 is 9.47 Å². The highest BCUT2D eigenvalue weighted by molar-refractivity contribution is 6.21. The molecule has 0 aliphatic heterocycles. The minimum atomic E-state index is 0.134. The average Bonchev–Trinajstić information content (AvgIpc) is 2.32. The summed E-state index contributed by atoms with van der Waals surface area (Å²) in [5.74, 6) is 0.783. The van der Waals surface area contributed by atoms with Gasteiger partial charge in [-0.1, -0.05) is 19.3 Å². The molecule has 2 fully saturated rings. The maximum Gasteiger partial charge on any atom is 0.100 e. The lowest BCUT2D eigenvalue weighted by Crippen LogP contribution is -2.51. The quantitative estimate of drug-likeness (QED) is 0.693. The topological polar surface area (TPSA) is 18.5 Å². The zero-order valence-corrected chi connectivity index (χ0v) is 10.9. The Balaban J connectivity index is 1.65. The van der Waals surface area contributed by atoms with Crippen molar-refractivity contribution in [1.29, 1.82) is 0 Å². The van der Waals surface area contributed by atoms with E-state index in [9.17, 15) is 0 Å². The van der Waals surface area contributed by atoms with Gasteiger partial charge in [0.1, 0.15) is 6.10 Å². The lowest BCUT2D eigenvalue weighted by atomic mass is 9.88. The molecule has 3 unspecified atom stereocenters. The van der Waals surface area contributed by atoms with Gasteiger partial charge in [0.15, 0.2) is 0 Å². The monoisotopic (exact) mass is 246 g/mol. The lowest BCUT2D eigenvalue weighted by Gasteiger charge is -2.41. The zero-order valence-electron chi connectivity index (χ0n) is 10.2. The van der Waals surface area contributed by atoms with E-state index >= 15 is 0 Å². The molecule has 0 saturated heterocycles. The maximum absolute atomic E-state index is 6.11. The van der Waals surface area contributed by atoms with Gasteiger partial charge >= 0.3 is 0 Å². The number of hydrogen-bond acceptors (Lipinski definition) is 2. The number of alkyl halides is 1. The van der Waals surface area contributed by atoms with Gasteiger partial charge in [0.25, 0.3) is 0 Å². The van der Waals surface area contributed by atoms with Crippen molar-refractivity contribution in [2.45, 2.75) is 63.0 Å². The van der Waals surface area contributed by atoms with Crippen molar-refractivity contribution in [2.24, 2.45) is 5.92 Å². The van der Waals surface area contributed by atoms with E-state index in [0.717, 1.165) is 25.6 Å². The highest BCUT2D eigenvalue weighted by Crippen LogP contribution is 2.33. The van der Waals surface area contributed by atoms with E-state index in [1.165, 1.54) is 32.1 Å². The van der Waals surface area contributed by atoms with Crippen LogP contribution in [-0.4, -0.2) is 30.8 Å². The van der Waals surface area contributed by atoms with Crippen molar-refractivity contribution in [3.8, 4) is 0 Å². The number of hydrogen-bond donors (Lipinski definition) is 0. The van der Waals surface area contributed by atoms with E-state index in [-0.39, 0.29) is 17.6 Å². The summed E-state index contributed by atoms with van der Waals surface area (Å²) < 4.78 is 11.5. The first-order chi connectivity index (χ1) is 7.81. The predicted molar refractivity (Wildman–Crippen MR) is 66.0 cm³/mol. The number of ether oxygens (including phenoxy) is 2. The summed E-state index contributed by atoms with van der Waals surface area (Å²) in [5.41, 5.74) is 0. The van der Waals surface area contributed by atoms with Crippen molar-refractivity contribution < 1.29 is 9.47 Å². The van der Waals surface area contributed by atoms with Crippen LogP contribution in [0.25, 0.3) is 0 Å². The second-order valence-electron chi connectivity index (χ2n) is 5.05. The summed E-state index contributed by atoms with van der Waals surface area (Å²) in [6.45, 7) is 3.66. The van der Waals surface area contributed by atoms with Gasteiger partial charge in [-0.05, 0) is 32.1 Å². The summed E-state index contributed by atoms with van der Waals surface area (Å²) in [6.07, 6.45) is 8.20. The van der Waals surface area contributed by atoms with Gasteiger partial charge in [-0.15, -0.1) is 11.6 Å². The Bertz CT molecular complexity index is 204. The molecule has 0 bridgehead atoms. The van der Waals surface area contributed by atoms with Crippen LogP contribution in [0.5, 0.6) is 0 Å². The van der Waals surface area contributed by atoms with E-state index < -0.39 is 0 Å². The van der Waals surface area contributed by atoms with Crippen LogP contribution in [0.15, 0.2) is 0 Å². The van der Waals surface area contributed by atoms with Crippen LogP contribution < -0.4 is 0 Å². The minimum absolute atomic E-state index is 0.134. The lowest BCUT2D eigenvalue weighted by molar-refractivity contribution is -0.129. The van der Waals surface area contributed by atoms with Crippen LogP contribution >= 0.6 is 11.6 Å². The number of rotatable bonds is 5. The molecule has 94 valence electrons. The second-order valence-corrected chi connectivity index (χ2v) is 5.61. The average molecular weight is 247 g/mol. The van der Waals surface area contributed by atoms with E-state index in [1.807, 2.05) is 6.92 Å². The molecule has 0 amide bonds. The molecular weight excluding hydrogens is 224 g/mol. The van der Waals surface area contributed by atoms with Crippen LogP contribution in [0.3, 0.4) is 0 Å². The van der Waals surface area contributed by atoms with Crippen LogP contribution in [0.1, 0.15) is 45.4 Å². The molecule has 2 nitrogen and oxygen atoms in total. The molecule has 0 aromatic heterocycles. The van der Waals surface area contributed by atoms with Gasteiger partial charge in [-0.25, -0.2) is 0 Å². The van der Waals surface area contributed by atoms with Gasteiger partial charge in [0, 0.05) is 13.2 Å². The largest absolute Gasteiger partial charge is 0.375 e.